The zero-order chi connectivity index (χ0) is 19.0. The first kappa shape index (κ1) is 18.9. The SMILES string of the molecule is O=C(Nc1onc2c1CCCC2)C1CCCCN1S(=O)(=O)c1ccc(Cl)s1. The van der Waals surface area contributed by atoms with Crippen LogP contribution in [0, 0.1) is 0 Å². The molecule has 1 aliphatic carbocycles. The Morgan fingerprint density at radius 2 is 2.07 bits per heavy atom. The maximum atomic E-state index is 13.0. The van der Waals surface area contributed by atoms with Crippen molar-refractivity contribution in [2.45, 2.75) is 55.2 Å². The highest BCUT2D eigenvalue weighted by molar-refractivity contribution is 7.91. The standard InChI is InChI=1S/C17H20ClN3O4S2/c18-14-8-9-15(26-14)27(23,24)21-10-4-3-7-13(21)16(22)19-17-11-5-1-2-6-12(11)20-25-17/h8-9,13H,1-7,10H2,(H,19,22). The van der Waals surface area contributed by atoms with Gasteiger partial charge < -0.3 is 4.52 Å². The van der Waals surface area contributed by atoms with E-state index in [1.807, 2.05) is 0 Å². The van der Waals surface area contributed by atoms with E-state index in [0.29, 0.717) is 23.2 Å². The predicted octanol–water partition coefficient (Wildman–Crippen LogP) is 3.45. The fourth-order valence-corrected chi connectivity index (χ4v) is 6.96. The van der Waals surface area contributed by atoms with Crippen LogP contribution in [0.25, 0.3) is 0 Å². The van der Waals surface area contributed by atoms with Gasteiger partial charge in [0.2, 0.25) is 11.8 Å². The summed E-state index contributed by atoms with van der Waals surface area (Å²) in [6.45, 7) is 0.310. The molecule has 0 bridgehead atoms. The summed E-state index contributed by atoms with van der Waals surface area (Å²) in [4.78, 5) is 12.9. The lowest BCUT2D eigenvalue weighted by Crippen LogP contribution is -2.49. The van der Waals surface area contributed by atoms with Crippen molar-refractivity contribution in [2.24, 2.45) is 0 Å². The fraction of sp³-hybridized carbons (Fsp3) is 0.529. The van der Waals surface area contributed by atoms with Gasteiger partial charge in [-0.25, -0.2) is 8.42 Å². The number of sulfonamides is 1. The number of aromatic nitrogens is 1. The third-order valence-electron chi connectivity index (χ3n) is 5.06. The quantitative estimate of drug-likeness (QED) is 0.803. The van der Waals surface area contributed by atoms with Gasteiger partial charge in [-0.2, -0.15) is 4.31 Å². The van der Waals surface area contributed by atoms with Gasteiger partial charge in [0.15, 0.2) is 0 Å². The largest absolute Gasteiger partial charge is 0.338 e. The molecular weight excluding hydrogens is 410 g/mol. The van der Waals surface area contributed by atoms with Crippen LogP contribution in [0.4, 0.5) is 5.88 Å². The molecule has 1 N–H and O–H groups in total. The van der Waals surface area contributed by atoms with E-state index in [2.05, 4.69) is 10.5 Å². The highest BCUT2D eigenvalue weighted by atomic mass is 35.5. The lowest BCUT2D eigenvalue weighted by atomic mass is 9.97. The van der Waals surface area contributed by atoms with Crippen molar-refractivity contribution >= 4 is 44.8 Å². The molecule has 0 saturated carbocycles. The summed E-state index contributed by atoms with van der Waals surface area (Å²) >= 11 is 6.91. The molecule has 0 spiro atoms. The number of anilines is 1. The average Bonchev–Trinajstić information content (AvgIpc) is 3.29. The lowest BCUT2D eigenvalue weighted by Gasteiger charge is -2.33. The number of nitrogens with one attached hydrogen (secondary N) is 1. The summed E-state index contributed by atoms with van der Waals surface area (Å²) in [7, 11) is -3.77. The fourth-order valence-electron chi connectivity index (χ4n) is 3.69. The molecule has 4 rings (SSSR count). The molecular formula is C17H20ClN3O4S2. The maximum absolute atomic E-state index is 13.0. The van der Waals surface area contributed by atoms with E-state index < -0.39 is 16.1 Å². The van der Waals surface area contributed by atoms with Crippen molar-refractivity contribution in [1.82, 2.24) is 9.46 Å². The first-order valence-electron chi connectivity index (χ1n) is 9.02. The van der Waals surface area contributed by atoms with Crippen molar-refractivity contribution in [3.63, 3.8) is 0 Å². The van der Waals surface area contributed by atoms with E-state index in [1.54, 1.807) is 6.07 Å². The Balaban J connectivity index is 1.57. The number of hydrogen-bond donors (Lipinski definition) is 1. The number of piperidine rings is 1. The molecule has 0 aromatic carbocycles. The molecule has 0 radical (unpaired) electrons. The minimum Gasteiger partial charge on any atom is -0.338 e. The van der Waals surface area contributed by atoms with Crippen molar-refractivity contribution in [3.05, 3.63) is 27.7 Å². The molecule has 146 valence electrons. The van der Waals surface area contributed by atoms with E-state index >= 15 is 0 Å². The summed E-state index contributed by atoms with van der Waals surface area (Å²) < 4.78 is 33.2. The second-order valence-corrected chi connectivity index (χ2v) is 10.7. The zero-order valence-electron chi connectivity index (χ0n) is 14.6. The second-order valence-electron chi connectivity index (χ2n) is 6.82. The normalized spacial score (nSPS) is 21.0. The summed E-state index contributed by atoms with van der Waals surface area (Å²) in [6.07, 6.45) is 5.74. The number of carbonyl (C=O) groups excluding carboxylic acids is 1. The Kier molecular flexibility index (Phi) is 5.28. The second kappa shape index (κ2) is 7.54. The van der Waals surface area contributed by atoms with Crippen LogP contribution < -0.4 is 5.32 Å². The summed E-state index contributed by atoms with van der Waals surface area (Å²) in [6, 6.07) is 2.27. The van der Waals surface area contributed by atoms with Crippen LogP contribution in [0.1, 0.15) is 43.4 Å². The molecule has 1 amide bonds. The molecule has 1 aliphatic heterocycles. The Bertz CT molecular complexity index is 953. The van der Waals surface area contributed by atoms with Gasteiger partial charge in [0, 0.05) is 12.1 Å². The van der Waals surface area contributed by atoms with Crippen LogP contribution >= 0.6 is 22.9 Å². The first-order valence-corrected chi connectivity index (χ1v) is 11.7. The highest BCUT2D eigenvalue weighted by Crippen LogP contribution is 2.33. The monoisotopic (exact) mass is 429 g/mol. The Morgan fingerprint density at radius 3 is 2.85 bits per heavy atom. The number of carbonyl (C=O) groups is 1. The number of thiophene rings is 1. The molecule has 2 aromatic rings. The van der Waals surface area contributed by atoms with Gasteiger partial charge in [-0.3, -0.25) is 10.1 Å². The van der Waals surface area contributed by atoms with Crippen LogP contribution in [0.15, 0.2) is 20.9 Å². The molecule has 1 fully saturated rings. The summed E-state index contributed by atoms with van der Waals surface area (Å²) in [5.41, 5.74) is 1.82. The van der Waals surface area contributed by atoms with Crippen LogP contribution in [0.2, 0.25) is 4.34 Å². The molecule has 3 heterocycles. The zero-order valence-corrected chi connectivity index (χ0v) is 17.0. The van der Waals surface area contributed by atoms with Crippen LogP contribution in [0.5, 0.6) is 0 Å². The van der Waals surface area contributed by atoms with Crippen LogP contribution in [0.3, 0.4) is 0 Å². The summed E-state index contributed by atoms with van der Waals surface area (Å²) in [5, 5.41) is 6.82. The molecule has 2 aliphatic rings. The summed E-state index contributed by atoms with van der Waals surface area (Å²) in [5.74, 6) is -0.0118. The van der Waals surface area contributed by atoms with Crippen molar-refractivity contribution in [2.75, 3.05) is 11.9 Å². The lowest BCUT2D eigenvalue weighted by molar-refractivity contribution is -0.120. The molecule has 1 saturated heterocycles. The van der Waals surface area contributed by atoms with Crippen LogP contribution in [-0.4, -0.2) is 36.4 Å². The molecule has 10 heteroatoms. The van der Waals surface area contributed by atoms with Gasteiger partial charge in [0.1, 0.15) is 10.3 Å². The van der Waals surface area contributed by atoms with Gasteiger partial charge in [-0.1, -0.05) is 23.2 Å². The Morgan fingerprint density at radius 1 is 1.26 bits per heavy atom. The minimum atomic E-state index is -3.77. The third-order valence-corrected chi connectivity index (χ3v) is 8.67. The van der Waals surface area contributed by atoms with Gasteiger partial charge in [0.05, 0.1) is 10.0 Å². The molecule has 1 atom stereocenters. The minimum absolute atomic E-state index is 0.157. The number of amides is 1. The number of aryl methyl sites for hydroxylation is 1. The van der Waals surface area contributed by atoms with Gasteiger partial charge >= 0.3 is 0 Å². The molecule has 2 aromatic heterocycles. The van der Waals surface area contributed by atoms with Gasteiger partial charge in [-0.05, 0) is 50.7 Å². The van der Waals surface area contributed by atoms with Crippen molar-refractivity contribution in [3.8, 4) is 0 Å². The maximum Gasteiger partial charge on any atom is 0.253 e. The van der Waals surface area contributed by atoms with Gasteiger partial charge in [0.25, 0.3) is 10.0 Å². The Hall–Kier alpha value is -1.42. The smallest absolute Gasteiger partial charge is 0.253 e. The molecule has 7 nitrogen and oxygen atoms in total. The Labute approximate surface area is 166 Å². The van der Waals surface area contributed by atoms with Gasteiger partial charge in [-0.15, -0.1) is 11.3 Å². The van der Waals surface area contributed by atoms with Crippen LogP contribution in [-0.2, 0) is 27.7 Å². The molecule has 1 unspecified atom stereocenters. The highest BCUT2D eigenvalue weighted by Gasteiger charge is 2.39. The topological polar surface area (TPSA) is 92.5 Å². The number of halogens is 1. The molecule has 27 heavy (non-hydrogen) atoms. The van der Waals surface area contributed by atoms with Crippen molar-refractivity contribution in [1.29, 1.82) is 0 Å². The van der Waals surface area contributed by atoms with E-state index in [4.69, 9.17) is 16.1 Å². The number of nitrogens with zero attached hydrogens (tertiary/aromatic N) is 2. The van der Waals surface area contributed by atoms with Crippen molar-refractivity contribution < 1.29 is 17.7 Å². The van der Waals surface area contributed by atoms with E-state index in [9.17, 15) is 13.2 Å². The predicted molar refractivity (Wildman–Crippen MR) is 103 cm³/mol. The van der Waals surface area contributed by atoms with E-state index in [-0.39, 0.29) is 10.1 Å². The number of rotatable bonds is 4. The number of fused-ring (bicyclic) bond motifs is 1. The first-order chi connectivity index (χ1) is 13.0. The average molecular weight is 430 g/mol. The number of hydrogen-bond acceptors (Lipinski definition) is 6. The van der Waals surface area contributed by atoms with E-state index in [1.165, 1.54) is 10.4 Å². The third kappa shape index (κ3) is 3.65. The van der Waals surface area contributed by atoms with E-state index in [0.717, 1.165) is 61.1 Å².